The van der Waals surface area contributed by atoms with E-state index in [0.717, 1.165) is 38.2 Å². The predicted molar refractivity (Wildman–Crippen MR) is 90.4 cm³/mol. The molecule has 2 fully saturated rings. The highest BCUT2D eigenvalue weighted by Crippen LogP contribution is 2.38. The third kappa shape index (κ3) is 4.77. The van der Waals surface area contributed by atoms with Crippen molar-refractivity contribution in [3.05, 3.63) is 0 Å². The summed E-state index contributed by atoms with van der Waals surface area (Å²) in [5, 5.41) is 6.62. The fourth-order valence-electron chi connectivity index (χ4n) is 3.27. The van der Waals surface area contributed by atoms with Gasteiger partial charge >= 0.3 is 6.09 Å². The average molecular weight is 330 g/mol. The summed E-state index contributed by atoms with van der Waals surface area (Å²) in [5.74, 6) is 1.57. The van der Waals surface area contributed by atoms with Crippen molar-refractivity contribution in [3.63, 3.8) is 0 Å². The molecule has 6 heteroatoms. The lowest BCUT2D eigenvalue weighted by Gasteiger charge is -2.54. The van der Waals surface area contributed by atoms with Crippen LogP contribution in [0.4, 0.5) is 4.79 Å². The maximum Gasteiger partial charge on any atom is 0.407 e. The number of carbonyl (C=O) groups excluding carboxylic acids is 1. The molecule has 22 heavy (non-hydrogen) atoms. The molecule has 1 heterocycles. The Morgan fingerprint density at radius 1 is 1.36 bits per heavy atom. The first-order valence-electron chi connectivity index (χ1n) is 8.26. The maximum absolute atomic E-state index is 12.1. The lowest BCUT2D eigenvalue weighted by atomic mass is 9.68. The Morgan fingerprint density at radius 3 is 2.82 bits per heavy atom. The fourth-order valence-corrected chi connectivity index (χ4v) is 3.71. The Morgan fingerprint density at radius 2 is 2.14 bits per heavy atom. The zero-order valence-corrected chi connectivity index (χ0v) is 15.0. The van der Waals surface area contributed by atoms with E-state index >= 15 is 0 Å². The quantitative estimate of drug-likeness (QED) is 0.732. The standard InChI is InChI=1S/C16H30N2O3S/c1-16(2,3)21-15(19)18-12-11-7-5-9-20-14(11)13(12)17-8-6-10-22-4/h11-14,17H,5-10H2,1-4H3,(H,18,19). The van der Waals surface area contributed by atoms with Crippen LogP contribution in [0.5, 0.6) is 0 Å². The van der Waals surface area contributed by atoms with Gasteiger partial charge in [0.05, 0.1) is 18.2 Å². The SMILES string of the molecule is CSCCCNC1C(NC(=O)OC(C)(C)C)C2CCCOC21. The number of amides is 1. The third-order valence-corrected chi connectivity index (χ3v) is 4.90. The molecule has 4 atom stereocenters. The monoisotopic (exact) mass is 330 g/mol. The number of hydrogen-bond donors (Lipinski definition) is 2. The van der Waals surface area contributed by atoms with Gasteiger partial charge in [-0.1, -0.05) is 0 Å². The van der Waals surface area contributed by atoms with Crippen LogP contribution in [0.25, 0.3) is 0 Å². The van der Waals surface area contributed by atoms with Gasteiger partial charge < -0.3 is 20.1 Å². The normalized spacial score (nSPS) is 31.1. The zero-order valence-electron chi connectivity index (χ0n) is 14.2. The van der Waals surface area contributed by atoms with E-state index in [1.807, 2.05) is 32.5 Å². The summed E-state index contributed by atoms with van der Waals surface area (Å²) in [5.41, 5.74) is -0.461. The minimum atomic E-state index is -0.461. The molecule has 2 N–H and O–H groups in total. The molecule has 0 aromatic heterocycles. The Bertz CT molecular complexity index is 373. The van der Waals surface area contributed by atoms with Gasteiger partial charge in [-0.25, -0.2) is 4.79 Å². The molecule has 2 aliphatic rings. The van der Waals surface area contributed by atoms with Crippen molar-refractivity contribution in [3.8, 4) is 0 Å². The zero-order chi connectivity index (χ0) is 16.2. The molecule has 0 bridgehead atoms. The van der Waals surface area contributed by atoms with Crippen molar-refractivity contribution >= 4 is 17.9 Å². The van der Waals surface area contributed by atoms with E-state index in [4.69, 9.17) is 9.47 Å². The van der Waals surface area contributed by atoms with Crippen LogP contribution >= 0.6 is 11.8 Å². The first kappa shape index (κ1) is 17.9. The second-order valence-corrected chi connectivity index (χ2v) is 8.13. The van der Waals surface area contributed by atoms with Crippen molar-refractivity contribution < 1.29 is 14.3 Å². The first-order chi connectivity index (χ1) is 10.4. The summed E-state index contributed by atoms with van der Waals surface area (Å²) in [7, 11) is 0. The van der Waals surface area contributed by atoms with Gasteiger partial charge in [-0.2, -0.15) is 11.8 Å². The number of thioether (sulfide) groups is 1. The van der Waals surface area contributed by atoms with E-state index < -0.39 is 5.60 Å². The molecular formula is C16H30N2O3S. The Hall–Kier alpha value is -0.460. The molecule has 1 aliphatic heterocycles. The summed E-state index contributed by atoms with van der Waals surface area (Å²) in [6.45, 7) is 7.46. The van der Waals surface area contributed by atoms with Gasteiger partial charge in [-0.05, 0) is 58.6 Å². The number of alkyl carbamates (subject to hydrolysis) is 1. The van der Waals surface area contributed by atoms with E-state index in [1.165, 1.54) is 0 Å². The summed E-state index contributed by atoms with van der Waals surface area (Å²) in [6.07, 6.45) is 5.37. The predicted octanol–water partition coefficient (Wildman–Crippen LogP) is 2.40. The molecule has 128 valence electrons. The highest BCUT2D eigenvalue weighted by Gasteiger charge is 2.52. The molecule has 0 spiro atoms. The summed E-state index contributed by atoms with van der Waals surface area (Å²) < 4.78 is 11.3. The Balaban J connectivity index is 1.86. The fraction of sp³-hybridized carbons (Fsp3) is 0.938. The van der Waals surface area contributed by atoms with Crippen LogP contribution in [0.2, 0.25) is 0 Å². The van der Waals surface area contributed by atoms with Crippen LogP contribution in [0.3, 0.4) is 0 Å². The van der Waals surface area contributed by atoms with E-state index in [9.17, 15) is 4.79 Å². The lowest BCUT2D eigenvalue weighted by molar-refractivity contribution is -0.127. The van der Waals surface area contributed by atoms with Gasteiger partial charge in [-0.15, -0.1) is 0 Å². The number of hydrogen-bond acceptors (Lipinski definition) is 5. The van der Waals surface area contributed by atoms with Crippen LogP contribution in [-0.4, -0.2) is 55.0 Å². The van der Waals surface area contributed by atoms with Crippen LogP contribution in [0.15, 0.2) is 0 Å². The second kappa shape index (κ2) is 7.88. The second-order valence-electron chi connectivity index (χ2n) is 7.14. The van der Waals surface area contributed by atoms with Gasteiger partial charge in [0.15, 0.2) is 0 Å². The minimum Gasteiger partial charge on any atom is -0.444 e. The van der Waals surface area contributed by atoms with Gasteiger partial charge in [0.25, 0.3) is 0 Å². The molecule has 2 rings (SSSR count). The van der Waals surface area contributed by atoms with E-state index in [1.54, 1.807) is 0 Å². The molecule has 5 nitrogen and oxygen atoms in total. The smallest absolute Gasteiger partial charge is 0.407 e. The van der Waals surface area contributed by atoms with Crippen molar-refractivity contribution in [2.45, 2.75) is 63.8 Å². The molecule has 1 aliphatic carbocycles. The van der Waals surface area contributed by atoms with Crippen LogP contribution < -0.4 is 10.6 Å². The molecule has 1 saturated carbocycles. The molecule has 0 aromatic carbocycles. The van der Waals surface area contributed by atoms with E-state index in [2.05, 4.69) is 16.9 Å². The minimum absolute atomic E-state index is 0.120. The molecular weight excluding hydrogens is 300 g/mol. The number of carbonyl (C=O) groups is 1. The van der Waals surface area contributed by atoms with Gasteiger partial charge in [-0.3, -0.25) is 0 Å². The van der Waals surface area contributed by atoms with Gasteiger partial charge in [0.1, 0.15) is 5.60 Å². The third-order valence-electron chi connectivity index (χ3n) is 4.20. The number of nitrogens with one attached hydrogen (secondary N) is 2. The van der Waals surface area contributed by atoms with Gasteiger partial charge in [0.2, 0.25) is 0 Å². The maximum atomic E-state index is 12.1. The number of ether oxygens (including phenoxy) is 2. The summed E-state index contributed by atoms with van der Waals surface area (Å²) in [4.78, 5) is 12.1. The van der Waals surface area contributed by atoms with Gasteiger partial charge in [0, 0.05) is 12.5 Å². The first-order valence-corrected chi connectivity index (χ1v) is 9.65. The largest absolute Gasteiger partial charge is 0.444 e. The molecule has 4 unspecified atom stereocenters. The van der Waals surface area contributed by atoms with Crippen LogP contribution in [0.1, 0.15) is 40.0 Å². The summed E-state index contributed by atoms with van der Waals surface area (Å²) in [6, 6.07) is 0.328. The lowest BCUT2D eigenvalue weighted by Crippen LogP contribution is -2.73. The van der Waals surface area contributed by atoms with Crippen molar-refractivity contribution in [1.29, 1.82) is 0 Å². The number of fused-ring (bicyclic) bond motifs is 1. The van der Waals surface area contributed by atoms with Crippen molar-refractivity contribution in [2.24, 2.45) is 5.92 Å². The number of rotatable bonds is 6. The topological polar surface area (TPSA) is 59.6 Å². The Kier molecular flexibility index (Phi) is 6.41. The highest BCUT2D eigenvalue weighted by molar-refractivity contribution is 7.98. The van der Waals surface area contributed by atoms with Crippen LogP contribution in [0, 0.1) is 5.92 Å². The Labute approximate surface area is 138 Å². The molecule has 0 aromatic rings. The van der Waals surface area contributed by atoms with Crippen LogP contribution in [-0.2, 0) is 9.47 Å². The van der Waals surface area contributed by atoms with Crippen molar-refractivity contribution in [1.82, 2.24) is 10.6 Å². The average Bonchev–Trinajstić information content (AvgIpc) is 2.43. The summed E-state index contributed by atoms with van der Waals surface area (Å²) >= 11 is 1.86. The van der Waals surface area contributed by atoms with E-state index in [0.29, 0.717) is 5.92 Å². The molecule has 0 radical (unpaired) electrons. The van der Waals surface area contributed by atoms with E-state index in [-0.39, 0.29) is 24.3 Å². The highest BCUT2D eigenvalue weighted by atomic mass is 32.2. The molecule has 1 amide bonds. The van der Waals surface area contributed by atoms with Crippen molar-refractivity contribution in [2.75, 3.05) is 25.2 Å². The molecule has 1 saturated heterocycles.